The van der Waals surface area contributed by atoms with Gasteiger partial charge in [0.15, 0.2) is 6.61 Å². The molecule has 0 radical (unpaired) electrons. The first kappa shape index (κ1) is 22.0. The van der Waals surface area contributed by atoms with Crippen molar-refractivity contribution in [2.24, 2.45) is 0 Å². The largest absolute Gasteiger partial charge is 0.497 e. The summed E-state index contributed by atoms with van der Waals surface area (Å²) in [6, 6.07) is 8.79. The fourth-order valence-corrected chi connectivity index (χ4v) is 3.19. The number of morpholine rings is 1. The number of hydrogen-bond donors (Lipinski definition) is 0. The Morgan fingerprint density at radius 1 is 1.10 bits per heavy atom. The molecule has 2 aromatic rings. The van der Waals surface area contributed by atoms with Crippen LogP contribution in [0.2, 0.25) is 0 Å². The van der Waals surface area contributed by atoms with Crippen LogP contribution in [0.1, 0.15) is 20.7 Å². The lowest BCUT2D eigenvalue weighted by Crippen LogP contribution is -2.36. The summed E-state index contributed by atoms with van der Waals surface area (Å²) in [5, 5.41) is 11.5. The van der Waals surface area contributed by atoms with E-state index in [0.29, 0.717) is 43.5 Å². The Bertz CT molecular complexity index is 985. The Morgan fingerprint density at radius 3 is 2.48 bits per heavy atom. The predicted molar refractivity (Wildman–Crippen MR) is 110 cm³/mol. The summed E-state index contributed by atoms with van der Waals surface area (Å²) in [7, 11) is 2.88. The maximum atomic E-state index is 12.5. The van der Waals surface area contributed by atoms with E-state index in [9.17, 15) is 19.7 Å². The fourth-order valence-electron chi connectivity index (χ4n) is 3.19. The number of esters is 1. The highest BCUT2D eigenvalue weighted by Crippen LogP contribution is 2.30. The number of methoxy groups -OCH3 is 2. The average molecular weight is 430 g/mol. The Labute approximate surface area is 178 Å². The zero-order valence-electron chi connectivity index (χ0n) is 17.2. The highest BCUT2D eigenvalue weighted by molar-refractivity contribution is 6.02. The maximum Gasteiger partial charge on any atom is 0.338 e. The molecule has 0 atom stereocenters. The molecule has 2 aromatic carbocycles. The van der Waals surface area contributed by atoms with Gasteiger partial charge < -0.3 is 23.8 Å². The quantitative estimate of drug-likeness (QED) is 0.269. The summed E-state index contributed by atoms with van der Waals surface area (Å²) in [6.45, 7) is 1.41. The first-order valence-electron chi connectivity index (χ1n) is 9.48. The Kier molecular flexibility index (Phi) is 7.03. The van der Waals surface area contributed by atoms with E-state index in [1.807, 2.05) is 4.90 Å². The smallest absolute Gasteiger partial charge is 0.338 e. The number of Topliss-reactive ketones (excluding diaryl/α,β-unsaturated/α-hetero) is 1. The number of anilines is 1. The van der Waals surface area contributed by atoms with E-state index in [4.69, 9.17) is 18.9 Å². The van der Waals surface area contributed by atoms with Crippen molar-refractivity contribution in [2.45, 2.75) is 0 Å². The van der Waals surface area contributed by atoms with Crippen LogP contribution < -0.4 is 14.4 Å². The van der Waals surface area contributed by atoms with Crippen molar-refractivity contribution in [3.8, 4) is 11.5 Å². The topological polar surface area (TPSA) is 117 Å². The molecule has 1 fully saturated rings. The minimum Gasteiger partial charge on any atom is -0.497 e. The van der Waals surface area contributed by atoms with Crippen LogP contribution in [0.5, 0.6) is 11.5 Å². The molecule has 31 heavy (non-hydrogen) atoms. The molecule has 0 spiro atoms. The number of carbonyl (C=O) groups excluding carboxylic acids is 2. The second-order valence-electron chi connectivity index (χ2n) is 6.63. The minimum absolute atomic E-state index is 0.0193. The van der Waals surface area contributed by atoms with Crippen molar-refractivity contribution >= 4 is 23.1 Å². The molecule has 0 unspecified atom stereocenters. The van der Waals surface area contributed by atoms with E-state index in [0.717, 1.165) is 6.07 Å². The van der Waals surface area contributed by atoms with Gasteiger partial charge in [0, 0.05) is 19.2 Å². The lowest BCUT2D eigenvalue weighted by atomic mass is 10.1. The van der Waals surface area contributed by atoms with Gasteiger partial charge in [-0.25, -0.2) is 4.79 Å². The van der Waals surface area contributed by atoms with Crippen molar-refractivity contribution < 1.29 is 33.5 Å². The van der Waals surface area contributed by atoms with Gasteiger partial charge in [-0.3, -0.25) is 14.9 Å². The zero-order valence-corrected chi connectivity index (χ0v) is 17.2. The summed E-state index contributed by atoms with van der Waals surface area (Å²) < 4.78 is 20.6. The highest BCUT2D eigenvalue weighted by Gasteiger charge is 2.24. The van der Waals surface area contributed by atoms with Crippen molar-refractivity contribution in [3.05, 3.63) is 57.6 Å². The predicted octanol–water partition coefficient (Wildman–Crippen LogP) is 2.49. The Hall–Kier alpha value is -3.66. The monoisotopic (exact) mass is 430 g/mol. The lowest BCUT2D eigenvalue weighted by Gasteiger charge is -2.28. The molecule has 0 bridgehead atoms. The Balaban J connectivity index is 1.74. The molecule has 0 amide bonds. The molecule has 0 N–H and O–H groups in total. The summed E-state index contributed by atoms with van der Waals surface area (Å²) in [6.07, 6.45) is 0. The third-order valence-corrected chi connectivity index (χ3v) is 4.80. The fraction of sp³-hybridized carbons (Fsp3) is 0.333. The van der Waals surface area contributed by atoms with Gasteiger partial charge in [-0.05, 0) is 30.3 Å². The van der Waals surface area contributed by atoms with E-state index < -0.39 is 23.3 Å². The van der Waals surface area contributed by atoms with Gasteiger partial charge in [-0.15, -0.1) is 0 Å². The number of rotatable bonds is 8. The third kappa shape index (κ3) is 5.10. The molecule has 1 saturated heterocycles. The van der Waals surface area contributed by atoms with E-state index >= 15 is 0 Å². The average Bonchev–Trinajstić information content (AvgIpc) is 2.81. The van der Waals surface area contributed by atoms with Gasteiger partial charge in [-0.1, -0.05) is 0 Å². The Morgan fingerprint density at radius 2 is 1.84 bits per heavy atom. The van der Waals surface area contributed by atoms with Crippen LogP contribution in [0.3, 0.4) is 0 Å². The maximum absolute atomic E-state index is 12.5. The second kappa shape index (κ2) is 9.90. The molecule has 10 nitrogen and oxygen atoms in total. The molecule has 0 aliphatic carbocycles. The number of ether oxygens (including phenoxy) is 4. The first-order chi connectivity index (χ1) is 14.9. The summed E-state index contributed by atoms with van der Waals surface area (Å²) >= 11 is 0. The van der Waals surface area contributed by atoms with E-state index in [-0.39, 0.29) is 16.8 Å². The molecule has 10 heteroatoms. The molecule has 164 valence electrons. The minimum atomic E-state index is -0.841. The standard InChI is InChI=1S/C21H22N2O8/c1-28-15-4-6-20(29-2)16(12-15)19(24)13-31-21(25)14-3-5-17(18(11-14)23(26)27)22-7-9-30-10-8-22/h3-6,11-12H,7-10,13H2,1-2H3. The highest BCUT2D eigenvalue weighted by atomic mass is 16.6. The summed E-state index contributed by atoms with van der Waals surface area (Å²) in [5.41, 5.74) is 0.372. The normalized spacial score (nSPS) is 13.4. The molecule has 1 aliphatic rings. The number of nitro benzene ring substituents is 1. The molecule has 1 aliphatic heterocycles. The third-order valence-electron chi connectivity index (χ3n) is 4.80. The van der Waals surface area contributed by atoms with E-state index in [1.165, 1.54) is 32.4 Å². The molecule has 0 aromatic heterocycles. The van der Waals surface area contributed by atoms with Gasteiger partial charge >= 0.3 is 5.97 Å². The van der Waals surface area contributed by atoms with Crippen LogP contribution in [0.15, 0.2) is 36.4 Å². The molecular weight excluding hydrogens is 408 g/mol. The number of nitrogens with zero attached hydrogens (tertiary/aromatic N) is 2. The van der Waals surface area contributed by atoms with Gasteiger partial charge in [-0.2, -0.15) is 0 Å². The van der Waals surface area contributed by atoms with E-state index in [1.54, 1.807) is 12.1 Å². The number of ketones is 1. The van der Waals surface area contributed by atoms with Crippen molar-refractivity contribution in [1.29, 1.82) is 0 Å². The van der Waals surface area contributed by atoms with Crippen molar-refractivity contribution in [3.63, 3.8) is 0 Å². The van der Waals surface area contributed by atoms with Crippen LogP contribution in [-0.2, 0) is 9.47 Å². The number of nitro groups is 1. The van der Waals surface area contributed by atoms with Crippen LogP contribution in [0.4, 0.5) is 11.4 Å². The SMILES string of the molecule is COc1ccc(OC)c(C(=O)COC(=O)c2ccc(N3CCOCC3)c([N+](=O)[O-])c2)c1. The van der Waals surface area contributed by atoms with Gasteiger partial charge in [0.25, 0.3) is 5.69 Å². The van der Waals surface area contributed by atoms with Gasteiger partial charge in [0.05, 0.1) is 43.5 Å². The van der Waals surface area contributed by atoms with Crippen LogP contribution >= 0.6 is 0 Å². The molecule has 1 heterocycles. The summed E-state index contributed by atoms with van der Waals surface area (Å²) in [5.74, 6) is -0.576. The molecule has 3 rings (SSSR count). The lowest BCUT2D eigenvalue weighted by molar-refractivity contribution is -0.384. The molecular formula is C21H22N2O8. The number of carbonyl (C=O) groups is 2. The number of benzene rings is 2. The second-order valence-corrected chi connectivity index (χ2v) is 6.63. The van der Waals surface area contributed by atoms with E-state index in [2.05, 4.69) is 0 Å². The molecule has 0 saturated carbocycles. The van der Waals surface area contributed by atoms with Crippen molar-refractivity contribution in [1.82, 2.24) is 0 Å². The number of hydrogen-bond acceptors (Lipinski definition) is 9. The van der Waals surface area contributed by atoms with Gasteiger partial charge in [0.2, 0.25) is 5.78 Å². The van der Waals surface area contributed by atoms with Crippen LogP contribution in [-0.4, -0.2) is 63.8 Å². The van der Waals surface area contributed by atoms with Crippen LogP contribution in [0, 0.1) is 10.1 Å². The zero-order chi connectivity index (χ0) is 22.4. The van der Waals surface area contributed by atoms with Gasteiger partial charge in [0.1, 0.15) is 17.2 Å². The first-order valence-corrected chi connectivity index (χ1v) is 9.48. The van der Waals surface area contributed by atoms with Crippen molar-refractivity contribution in [2.75, 3.05) is 52.0 Å². The van der Waals surface area contributed by atoms with Crippen LogP contribution in [0.25, 0.3) is 0 Å². The summed E-state index contributed by atoms with van der Waals surface area (Å²) in [4.78, 5) is 37.8.